The van der Waals surface area contributed by atoms with E-state index in [0.717, 1.165) is 18.4 Å². The highest BCUT2D eigenvalue weighted by molar-refractivity contribution is 8.26. The van der Waals surface area contributed by atoms with Crippen molar-refractivity contribution in [2.24, 2.45) is 0 Å². The van der Waals surface area contributed by atoms with E-state index in [9.17, 15) is 19.2 Å². The molecule has 2 aromatic rings. The lowest BCUT2D eigenvalue weighted by molar-refractivity contribution is -0.123. The first-order valence-corrected chi connectivity index (χ1v) is 12.3. The molecule has 0 spiro atoms. The topological polar surface area (TPSA) is 78.1 Å². The Morgan fingerprint density at radius 3 is 2.50 bits per heavy atom. The summed E-state index contributed by atoms with van der Waals surface area (Å²) in [6.07, 6.45) is 3.32. The number of rotatable bonds is 8. The van der Waals surface area contributed by atoms with Crippen LogP contribution in [0.1, 0.15) is 55.9 Å². The summed E-state index contributed by atoms with van der Waals surface area (Å²) in [5.41, 5.74) is 1.60. The van der Waals surface area contributed by atoms with Gasteiger partial charge < -0.3 is 5.32 Å². The largest absolute Gasteiger partial charge is 0.367 e. The van der Waals surface area contributed by atoms with Gasteiger partial charge in [0.05, 0.1) is 4.91 Å². The number of nitrogens with zero attached hydrogens (tertiary/aromatic N) is 3. The minimum absolute atomic E-state index is 0.0500. The van der Waals surface area contributed by atoms with Crippen LogP contribution in [0.25, 0.3) is 6.08 Å². The molecule has 1 aliphatic heterocycles. The van der Waals surface area contributed by atoms with E-state index in [0.29, 0.717) is 39.3 Å². The average molecular weight is 499 g/mol. The van der Waals surface area contributed by atoms with Crippen LogP contribution in [-0.2, 0) is 17.9 Å². The van der Waals surface area contributed by atoms with Gasteiger partial charge in [0.1, 0.15) is 27.6 Å². The van der Waals surface area contributed by atoms with E-state index in [2.05, 4.69) is 5.32 Å². The number of hydrogen-bond acceptors (Lipinski definition) is 6. The standard InChI is InChI=1S/C25H27FN4O2S2/c1-5-6-11-29-22(28-14-17-7-9-18(26)10-8-17)19(16(4)20(13-27)23(29)31)12-21-24(32)30(15(2)3)25(33)34-21/h7-10,12,15,28H,5-6,11,14H2,1-4H3/b21-12+. The minimum Gasteiger partial charge on any atom is -0.367 e. The molecule has 178 valence electrons. The summed E-state index contributed by atoms with van der Waals surface area (Å²) in [5, 5.41) is 13.0. The van der Waals surface area contributed by atoms with Gasteiger partial charge in [-0.3, -0.25) is 19.1 Å². The molecule has 1 amide bonds. The summed E-state index contributed by atoms with van der Waals surface area (Å²) in [4.78, 5) is 28.2. The van der Waals surface area contributed by atoms with Crippen LogP contribution in [0.15, 0.2) is 34.0 Å². The van der Waals surface area contributed by atoms with E-state index in [1.54, 1.807) is 34.6 Å². The van der Waals surface area contributed by atoms with E-state index in [4.69, 9.17) is 12.2 Å². The third-order valence-corrected chi connectivity index (χ3v) is 6.93. The average Bonchev–Trinajstić information content (AvgIpc) is 3.08. The van der Waals surface area contributed by atoms with Gasteiger partial charge in [-0.15, -0.1) is 0 Å². The number of nitrogens with one attached hydrogen (secondary N) is 1. The van der Waals surface area contributed by atoms with Crippen molar-refractivity contribution in [1.82, 2.24) is 9.47 Å². The number of unbranched alkanes of at least 4 members (excludes halogenated alkanes) is 1. The van der Waals surface area contributed by atoms with Crippen molar-refractivity contribution in [2.45, 2.75) is 59.7 Å². The monoisotopic (exact) mass is 498 g/mol. The summed E-state index contributed by atoms with van der Waals surface area (Å²) in [5.74, 6) is -0.00141. The molecule has 9 heteroatoms. The Balaban J connectivity index is 2.17. The van der Waals surface area contributed by atoms with Gasteiger partial charge in [-0.2, -0.15) is 5.26 Å². The number of pyridine rings is 1. The van der Waals surface area contributed by atoms with E-state index in [-0.39, 0.29) is 28.9 Å². The smallest absolute Gasteiger partial charge is 0.270 e. The van der Waals surface area contributed by atoms with Crippen LogP contribution >= 0.6 is 24.0 Å². The van der Waals surface area contributed by atoms with Crippen LogP contribution in [0.5, 0.6) is 0 Å². The first kappa shape index (κ1) is 25.7. The Bertz CT molecular complexity index is 1240. The van der Waals surface area contributed by atoms with Crippen molar-refractivity contribution in [3.05, 3.63) is 67.6 Å². The highest BCUT2D eigenvalue weighted by atomic mass is 32.2. The molecule has 0 aliphatic carbocycles. The molecule has 0 saturated carbocycles. The molecule has 1 saturated heterocycles. The Kier molecular flexibility index (Phi) is 8.28. The zero-order valence-corrected chi connectivity index (χ0v) is 21.3. The molecule has 0 bridgehead atoms. The van der Waals surface area contributed by atoms with Crippen LogP contribution in [0.2, 0.25) is 0 Å². The van der Waals surface area contributed by atoms with Crippen molar-refractivity contribution in [3.63, 3.8) is 0 Å². The van der Waals surface area contributed by atoms with Crippen molar-refractivity contribution in [3.8, 4) is 6.07 Å². The number of thioether (sulfide) groups is 1. The van der Waals surface area contributed by atoms with Gasteiger partial charge in [0.2, 0.25) is 0 Å². The fourth-order valence-corrected chi connectivity index (χ4v) is 5.23. The lowest BCUT2D eigenvalue weighted by Crippen LogP contribution is -2.34. The fourth-order valence-electron chi connectivity index (χ4n) is 3.73. The highest BCUT2D eigenvalue weighted by Crippen LogP contribution is 2.36. The number of benzene rings is 1. The SMILES string of the molecule is CCCCn1c(NCc2ccc(F)cc2)c(/C=C2/SC(=S)N(C(C)C)C2=O)c(C)c(C#N)c1=O. The van der Waals surface area contributed by atoms with Gasteiger partial charge >= 0.3 is 0 Å². The zero-order chi connectivity index (χ0) is 25.0. The maximum atomic E-state index is 13.3. The number of nitriles is 1. The van der Waals surface area contributed by atoms with E-state index in [1.807, 2.05) is 26.8 Å². The number of hydrogen-bond donors (Lipinski definition) is 1. The molecule has 6 nitrogen and oxygen atoms in total. The number of anilines is 1. The quantitative estimate of drug-likeness (QED) is 0.399. The Morgan fingerprint density at radius 2 is 1.94 bits per heavy atom. The third-order valence-electron chi connectivity index (χ3n) is 5.60. The Morgan fingerprint density at radius 1 is 1.26 bits per heavy atom. The molecule has 0 radical (unpaired) electrons. The van der Waals surface area contributed by atoms with Crippen LogP contribution in [0, 0.1) is 24.1 Å². The van der Waals surface area contributed by atoms with Crippen LogP contribution in [0.4, 0.5) is 10.2 Å². The summed E-state index contributed by atoms with van der Waals surface area (Å²) < 4.78 is 15.4. The molecule has 1 aromatic heterocycles. The number of amides is 1. The molecule has 34 heavy (non-hydrogen) atoms. The van der Waals surface area contributed by atoms with Gasteiger partial charge in [0.25, 0.3) is 11.5 Å². The maximum Gasteiger partial charge on any atom is 0.270 e. The lowest BCUT2D eigenvalue weighted by atomic mass is 10.0. The normalized spacial score (nSPS) is 14.9. The number of carbonyl (C=O) groups excluding carboxylic acids is 1. The summed E-state index contributed by atoms with van der Waals surface area (Å²) in [6, 6.07) is 8.05. The van der Waals surface area contributed by atoms with E-state index < -0.39 is 0 Å². The van der Waals surface area contributed by atoms with Gasteiger partial charge in [0, 0.05) is 24.7 Å². The van der Waals surface area contributed by atoms with Crippen LogP contribution < -0.4 is 10.9 Å². The molecule has 1 aliphatic rings. The van der Waals surface area contributed by atoms with Crippen molar-refractivity contribution >= 4 is 46.1 Å². The van der Waals surface area contributed by atoms with Crippen molar-refractivity contribution < 1.29 is 9.18 Å². The second-order valence-corrected chi connectivity index (χ2v) is 9.99. The second-order valence-electron chi connectivity index (χ2n) is 8.31. The minimum atomic E-state index is -0.373. The Hall–Kier alpha value is -2.96. The molecule has 3 rings (SSSR count). The van der Waals surface area contributed by atoms with E-state index in [1.165, 1.54) is 23.9 Å². The number of halogens is 1. The third kappa shape index (κ3) is 5.24. The van der Waals surface area contributed by atoms with Crippen LogP contribution in [0.3, 0.4) is 0 Å². The Labute approximate surface area is 208 Å². The van der Waals surface area contributed by atoms with Crippen LogP contribution in [-0.4, -0.2) is 25.7 Å². The van der Waals surface area contributed by atoms with Crippen molar-refractivity contribution in [2.75, 3.05) is 5.32 Å². The molecule has 2 heterocycles. The lowest BCUT2D eigenvalue weighted by Gasteiger charge is -2.20. The fraction of sp³-hybridized carbons (Fsp3) is 0.360. The predicted molar refractivity (Wildman–Crippen MR) is 139 cm³/mol. The van der Waals surface area contributed by atoms with Gasteiger partial charge in [-0.1, -0.05) is 49.5 Å². The first-order chi connectivity index (χ1) is 16.2. The zero-order valence-electron chi connectivity index (χ0n) is 19.6. The van der Waals surface area contributed by atoms with Gasteiger partial charge in [0.15, 0.2) is 0 Å². The number of thiocarbonyl (C=S) groups is 1. The second kappa shape index (κ2) is 11.0. The molecule has 0 atom stereocenters. The van der Waals surface area contributed by atoms with Crippen molar-refractivity contribution in [1.29, 1.82) is 5.26 Å². The summed E-state index contributed by atoms with van der Waals surface area (Å²) >= 11 is 6.61. The van der Waals surface area contributed by atoms with E-state index >= 15 is 0 Å². The highest BCUT2D eigenvalue weighted by Gasteiger charge is 2.34. The molecule has 0 unspecified atom stereocenters. The molecule has 1 N–H and O–H groups in total. The molecule has 1 fully saturated rings. The van der Waals surface area contributed by atoms with Gasteiger partial charge in [-0.25, -0.2) is 4.39 Å². The maximum absolute atomic E-state index is 13.3. The molecular formula is C25H27FN4O2S2. The van der Waals surface area contributed by atoms with Gasteiger partial charge in [-0.05, 0) is 56.5 Å². The summed E-state index contributed by atoms with van der Waals surface area (Å²) in [6.45, 7) is 8.28. The number of carbonyl (C=O) groups is 1. The molecule has 1 aromatic carbocycles. The predicted octanol–water partition coefficient (Wildman–Crippen LogP) is 5.19. The number of aromatic nitrogens is 1. The first-order valence-electron chi connectivity index (χ1n) is 11.1. The summed E-state index contributed by atoms with van der Waals surface area (Å²) in [7, 11) is 0. The molecular weight excluding hydrogens is 471 g/mol.